The maximum absolute atomic E-state index is 12.3. The third-order valence-corrected chi connectivity index (χ3v) is 3.38. The Morgan fingerprint density at radius 1 is 1.25 bits per heavy atom. The summed E-state index contributed by atoms with van der Waals surface area (Å²) in [6.45, 7) is 6.52. The molecule has 0 saturated carbocycles. The number of benzene rings is 1. The summed E-state index contributed by atoms with van der Waals surface area (Å²) in [4.78, 5) is 21.9. The molecule has 24 heavy (non-hydrogen) atoms. The van der Waals surface area contributed by atoms with Gasteiger partial charge in [0, 0.05) is 12.1 Å². The third kappa shape index (κ3) is 4.61. The molecular formula is C16H24N6O2. The standard InChI is InChI=1S/C16H24N6O2/c1-16(2,3)24-15(23)22-8-7-10-5-4-6-12(11(10)9-22)20-14(19)21-13(17)18/h4-6H,7-9H2,1-3H3,(H6,17,18,19,20,21). The third-order valence-electron chi connectivity index (χ3n) is 3.38. The minimum Gasteiger partial charge on any atom is -0.444 e. The van der Waals surface area contributed by atoms with Gasteiger partial charge in [-0.2, -0.15) is 4.99 Å². The number of nitrogens with zero attached hydrogens (tertiary/aromatic N) is 3. The zero-order valence-electron chi connectivity index (χ0n) is 14.2. The fourth-order valence-electron chi connectivity index (χ4n) is 2.43. The van der Waals surface area contributed by atoms with Crippen molar-refractivity contribution in [1.82, 2.24) is 4.90 Å². The van der Waals surface area contributed by atoms with Gasteiger partial charge in [0.25, 0.3) is 0 Å². The zero-order chi connectivity index (χ0) is 17.9. The predicted octanol–water partition coefficient (Wildman–Crippen LogP) is 1.20. The van der Waals surface area contributed by atoms with Crippen LogP contribution in [0.1, 0.15) is 31.9 Å². The largest absolute Gasteiger partial charge is 0.444 e. The first-order valence-corrected chi connectivity index (χ1v) is 7.68. The van der Waals surface area contributed by atoms with Crippen LogP contribution in [0.4, 0.5) is 10.5 Å². The Labute approximate surface area is 141 Å². The number of rotatable bonds is 1. The van der Waals surface area contributed by atoms with Crippen molar-refractivity contribution in [2.75, 3.05) is 6.54 Å². The molecule has 0 unspecified atom stereocenters. The number of hydrogen-bond donors (Lipinski definition) is 3. The van der Waals surface area contributed by atoms with Crippen LogP contribution < -0.4 is 17.2 Å². The number of carbonyl (C=O) groups is 1. The molecule has 0 aromatic heterocycles. The number of amides is 1. The minimum atomic E-state index is -0.535. The summed E-state index contributed by atoms with van der Waals surface area (Å²) in [5.74, 6) is -0.186. The number of ether oxygens (including phenoxy) is 1. The predicted molar refractivity (Wildman–Crippen MR) is 93.9 cm³/mol. The average molecular weight is 332 g/mol. The Kier molecular flexibility index (Phi) is 4.96. The summed E-state index contributed by atoms with van der Waals surface area (Å²) in [5.41, 5.74) is 18.5. The molecule has 0 spiro atoms. The molecule has 0 atom stereocenters. The van der Waals surface area contributed by atoms with Gasteiger partial charge < -0.3 is 26.8 Å². The van der Waals surface area contributed by atoms with Gasteiger partial charge in [-0.25, -0.2) is 9.79 Å². The van der Waals surface area contributed by atoms with Gasteiger partial charge in [0.15, 0.2) is 5.96 Å². The van der Waals surface area contributed by atoms with Crippen molar-refractivity contribution in [3.63, 3.8) is 0 Å². The number of hydrogen-bond acceptors (Lipinski definition) is 3. The molecule has 1 aromatic carbocycles. The normalized spacial score (nSPS) is 14.8. The van der Waals surface area contributed by atoms with Crippen molar-refractivity contribution in [3.8, 4) is 0 Å². The first kappa shape index (κ1) is 17.6. The quantitative estimate of drug-likeness (QED) is 0.525. The summed E-state index contributed by atoms with van der Waals surface area (Å²) >= 11 is 0. The second-order valence-corrected chi connectivity index (χ2v) is 6.57. The summed E-state index contributed by atoms with van der Waals surface area (Å²) in [7, 11) is 0. The number of carbonyl (C=O) groups excluding carboxylic acids is 1. The highest BCUT2D eigenvalue weighted by molar-refractivity contribution is 5.93. The van der Waals surface area contributed by atoms with Crippen LogP contribution in [0.3, 0.4) is 0 Å². The van der Waals surface area contributed by atoms with E-state index in [1.807, 2.05) is 39.0 Å². The summed E-state index contributed by atoms with van der Waals surface area (Å²) in [6.07, 6.45) is 0.379. The molecule has 1 amide bonds. The molecule has 6 N–H and O–H groups in total. The molecule has 8 heteroatoms. The average Bonchev–Trinajstić information content (AvgIpc) is 2.44. The van der Waals surface area contributed by atoms with Crippen molar-refractivity contribution in [2.45, 2.75) is 39.3 Å². The molecule has 1 aliphatic heterocycles. The Hall–Kier alpha value is -2.77. The van der Waals surface area contributed by atoms with E-state index in [4.69, 9.17) is 21.9 Å². The molecule has 0 fully saturated rings. The number of aliphatic imine (C=N–C) groups is 2. The Morgan fingerprint density at radius 3 is 2.58 bits per heavy atom. The van der Waals surface area contributed by atoms with E-state index in [1.54, 1.807) is 4.90 Å². The van der Waals surface area contributed by atoms with Crippen molar-refractivity contribution in [3.05, 3.63) is 29.3 Å². The second-order valence-electron chi connectivity index (χ2n) is 6.57. The van der Waals surface area contributed by atoms with Crippen LogP contribution in [0, 0.1) is 0 Å². The van der Waals surface area contributed by atoms with E-state index in [1.165, 1.54) is 0 Å². The molecule has 0 aliphatic carbocycles. The van der Waals surface area contributed by atoms with Gasteiger partial charge in [0.2, 0.25) is 5.96 Å². The monoisotopic (exact) mass is 332 g/mol. The molecule has 0 bridgehead atoms. The summed E-state index contributed by atoms with van der Waals surface area (Å²) in [5, 5.41) is 0. The van der Waals surface area contributed by atoms with Crippen molar-refractivity contribution < 1.29 is 9.53 Å². The zero-order valence-corrected chi connectivity index (χ0v) is 14.2. The topological polar surface area (TPSA) is 132 Å². The van der Waals surface area contributed by atoms with Gasteiger partial charge in [-0.1, -0.05) is 12.1 Å². The maximum Gasteiger partial charge on any atom is 0.410 e. The molecule has 1 heterocycles. The number of nitrogens with two attached hydrogens (primary N) is 3. The first-order valence-electron chi connectivity index (χ1n) is 7.68. The molecule has 1 aromatic rings. The lowest BCUT2D eigenvalue weighted by molar-refractivity contribution is 0.0224. The molecule has 2 rings (SSSR count). The van der Waals surface area contributed by atoms with E-state index in [0.717, 1.165) is 17.5 Å². The van der Waals surface area contributed by atoms with Crippen LogP contribution in [0.5, 0.6) is 0 Å². The van der Waals surface area contributed by atoms with Gasteiger partial charge in [0.1, 0.15) is 5.60 Å². The van der Waals surface area contributed by atoms with E-state index in [0.29, 0.717) is 18.8 Å². The summed E-state index contributed by atoms with van der Waals surface area (Å²) in [6, 6.07) is 5.72. The number of guanidine groups is 2. The highest BCUT2D eigenvalue weighted by atomic mass is 16.6. The van der Waals surface area contributed by atoms with Crippen LogP contribution in [0.2, 0.25) is 0 Å². The highest BCUT2D eigenvalue weighted by Crippen LogP contribution is 2.29. The summed E-state index contributed by atoms with van der Waals surface area (Å²) < 4.78 is 5.44. The van der Waals surface area contributed by atoms with Gasteiger partial charge >= 0.3 is 6.09 Å². The maximum atomic E-state index is 12.3. The lowest BCUT2D eigenvalue weighted by atomic mass is 9.98. The van der Waals surface area contributed by atoms with Crippen molar-refractivity contribution in [2.24, 2.45) is 27.2 Å². The lowest BCUT2D eigenvalue weighted by Gasteiger charge is -2.31. The Balaban J connectivity index is 2.27. The molecular weight excluding hydrogens is 308 g/mol. The van der Waals surface area contributed by atoms with E-state index in [2.05, 4.69) is 9.98 Å². The van der Waals surface area contributed by atoms with Gasteiger partial charge in [-0.15, -0.1) is 0 Å². The van der Waals surface area contributed by atoms with Crippen molar-refractivity contribution in [1.29, 1.82) is 0 Å². The van der Waals surface area contributed by atoms with Gasteiger partial charge in [-0.05, 0) is 38.8 Å². The van der Waals surface area contributed by atoms with Gasteiger partial charge in [-0.3, -0.25) is 0 Å². The van der Waals surface area contributed by atoms with Crippen LogP contribution in [0.25, 0.3) is 0 Å². The SMILES string of the molecule is CC(C)(C)OC(=O)N1CCc2cccc(N=C(N)N=C(N)N)c2C1. The molecule has 130 valence electrons. The van der Waals surface area contributed by atoms with Crippen LogP contribution in [-0.4, -0.2) is 35.1 Å². The van der Waals surface area contributed by atoms with Crippen LogP contribution in [0.15, 0.2) is 28.2 Å². The van der Waals surface area contributed by atoms with Gasteiger partial charge in [0.05, 0.1) is 12.2 Å². The first-order chi connectivity index (χ1) is 11.2. The van der Waals surface area contributed by atoms with Crippen LogP contribution >= 0.6 is 0 Å². The fraction of sp³-hybridized carbons (Fsp3) is 0.438. The molecule has 0 radical (unpaired) electrons. The second kappa shape index (κ2) is 6.77. The highest BCUT2D eigenvalue weighted by Gasteiger charge is 2.26. The van der Waals surface area contributed by atoms with E-state index in [-0.39, 0.29) is 18.0 Å². The smallest absolute Gasteiger partial charge is 0.410 e. The van der Waals surface area contributed by atoms with E-state index < -0.39 is 5.60 Å². The number of fused-ring (bicyclic) bond motifs is 1. The molecule has 0 saturated heterocycles. The van der Waals surface area contributed by atoms with E-state index in [9.17, 15) is 4.79 Å². The molecule has 8 nitrogen and oxygen atoms in total. The van der Waals surface area contributed by atoms with Crippen LogP contribution in [-0.2, 0) is 17.7 Å². The fourth-order valence-corrected chi connectivity index (χ4v) is 2.43. The molecule has 1 aliphatic rings. The Morgan fingerprint density at radius 2 is 1.96 bits per heavy atom. The Bertz CT molecular complexity index is 686. The van der Waals surface area contributed by atoms with Crippen molar-refractivity contribution >= 4 is 23.7 Å². The van der Waals surface area contributed by atoms with E-state index >= 15 is 0 Å². The lowest BCUT2D eigenvalue weighted by Crippen LogP contribution is -2.39. The minimum absolute atomic E-state index is 0.0298.